The number of ether oxygens (including phenoxy) is 1. The Labute approximate surface area is 182 Å². The molecule has 0 aliphatic carbocycles. The van der Waals surface area contributed by atoms with E-state index in [4.69, 9.17) is 9.15 Å². The average molecular weight is 427 g/mol. The molecule has 3 heterocycles. The van der Waals surface area contributed by atoms with Gasteiger partial charge in [-0.25, -0.2) is 0 Å². The Morgan fingerprint density at radius 3 is 2.60 bits per heavy atom. The number of furan rings is 1. The van der Waals surface area contributed by atoms with E-state index in [2.05, 4.69) is 17.4 Å². The van der Waals surface area contributed by atoms with Crippen LogP contribution in [0.1, 0.15) is 35.6 Å². The number of halogens is 1. The zero-order valence-corrected chi connectivity index (χ0v) is 17.7. The summed E-state index contributed by atoms with van der Waals surface area (Å²) in [7, 11) is 0. The standard InChI is InChI=1S/C24H26N2O3.ClH/c27-23(26-13-10-24(11-14-26)9-12-25-17-24)22-8-7-21(29-22)16-28-20-6-5-18-3-1-2-4-19(18)15-20;/h1-8,15,25H,9-14,16-17H2;1H. The van der Waals surface area contributed by atoms with Crippen LogP contribution in [0.3, 0.4) is 0 Å². The Hall–Kier alpha value is -2.50. The number of hydrogen-bond acceptors (Lipinski definition) is 4. The quantitative estimate of drug-likeness (QED) is 0.659. The van der Waals surface area contributed by atoms with Crippen molar-refractivity contribution in [3.63, 3.8) is 0 Å². The summed E-state index contributed by atoms with van der Waals surface area (Å²) in [6.45, 7) is 4.12. The number of piperidine rings is 1. The molecule has 1 amide bonds. The number of likely N-dealkylation sites (tertiary alicyclic amines) is 1. The van der Waals surface area contributed by atoms with Gasteiger partial charge in [0.25, 0.3) is 5.91 Å². The zero-order valence-electron chi connectivity index (χ0n) is 16.9. The van der Waals surface area contributed by atoms with Gasteiger partial charge in [0.2, 0.25) is 0 Å². The monoisotopic (exact) mass is 426 g/mol. The molecule has 6 heteroatoms. The van der Waals surface area contributed by atoms with Crippen LogP contribution in [-0.4, -0.2) is 37.0 Å². The van der Waals surface area contributed by atoms with Gasteiger partial charge in [-0.2, -0.15) is 0 Å². The first-order valence-electron chi connectivity index (χ1n) is 10.4. The first-order chi connectivity index (χ1) is 14.2. The SMILES string of the molecule is Cl.O=C(c1ccc(COc2ccc3ccccc3c2)o1)N1CCC2(CCNC2)CC1. The molecule has 0 radical (unpaired) electrons. The van der Waals surface area contributed by atoms with E-state index in [0.29, 0.717) is 23.5 Å². The van der Waals surface area contributed by atoms with E-state index in [1.54, 1.807) is 6.07 Å². The van der Waals surface area contributed by atoms with Gasteiger partial charge in [-0.3, -0.25) is 4.79 Å². The second-order valence-corrected chi connectivity index (χ2v) is 8.28. The van der Waals surface area contributed by atoms with Gasteiger partial charge in [-0.05, 0) is 66.3 Å². The maximum absolute atomic E-state index is 12.8. The predicted octanol–water partition coefficient (Wildman–Crippen LogP) is 4.65. The van der Waals surface area contributed by atoms with E-state index in [1.165, 1.54) is 11.8 Å². The van der Waals surface area contributed by atoms with Gasteiger partial charge < -0.3 is 19.4 Å². The number of benzene rings is 2. The smallest absolute Gasteiger partial charge is 0.289 e. The summed E-state index contributed by atoms with van der Waals surface area (Å²) in [6, 6.07) is 17.8. The molecule has 1 aromatic heterocycles. The average Bonchev–Trinajstić information content (AvgIpc) is 3.42. The number of fused-ring (bicyclic) bond motifs is 1. The molecule has 5 nitrogen and oxygen atoms in total. The van der Waals surface area contributed by atoms with Crippen molar-refractivity contribution >= 4 is 29.1 Å². The van der Waals surface area contributed by atoms with Crippen molar-refractivity contribution < 1.29 is 13.9 Å². The number of amides is 1. The molecule has 2 fully saturated rings. The van der Waals surface area contributed by atoms with Crippen molar-refractivity contribution in [3.8, 4) is 5.75 Å². The highest BCUT2D eigenvalue weighted by atomic mass is 35.5. The topological polar surface area (TPSA) is 54.7 Å². The first-order valence-corrected chi connectivity index (χ1v) is 10.4. The van der Waals surface area contributed by atoms with Gasteiger partial charge in [0.1, 0.15) is 18.1 Å². The first kappa shape index (κ1) is 20.8. The van der Waals surface area contributed by atoms with Gasteiger partial charge in [0.05, 0.1) is 0 Å². The number of carbonyl (C=O) groups excluding carboxylic acids is 1. The van der Waals surface area contributed by atoms with Crippen molar-refractivity contribution in [3.05, 3.63) is 66.1 Å². The summed E-state index contributed by atoms with van der Waals surface area (Å²) in [6.07, 6.45) is 3.38. The van der Waals surface area contributed by atoms with Gasteiger partial charge in [0, 0.05) is 19.6 Å². The number of rotatable bonds is 4. The molecule has 30 heavy (non-hydrogen) atoms. The van der Waals surface area contributed by atoms with Crippen LogP contribution in [0.25, 0.3) is 10.8 Å². The summed E-state index contributed by atoms with van der Waals surface area (Å²) in [5.41, 5.74) is 0.402. The lowest BCUT2D eigenvalue weighted by Crippen LogP contribution is -2.43. The molecule has 1 N–H and O–H groups in total. The highest BCUT2D eigenvalue weighted by Crippen LogP contribution is 2.37. The molecular weight excluding hydrogens is 400 g/mol. The second kappa shape index (κ2) is 8.70. The van der Waals surface area contributed by atoms with Gasteiger partial charge >= 0.3 is 0 Å². The van der Waals surface area contributed by atoms with Gasteiger partial charge in [-0.15, -0.1) is 12.4 Å². The predicted molar refractivity (Wildman–Crippen MR) is 119 cm³/mol. The molecular formula is C24H27ClN2O3. The van der Waals surface area contributed by atoms with E-state index in [0.717, 1.165) is 50.2 Å². The fourth-order valence-electron chi connectivity index (χ4n) is 4.54. The summed E-state index contributed by atoms with van der Waals surface area (Å²) in [4.78, 5) is 14.7. The molecule has 2 aromatic carbocycles. The lowest BCUT2D eigenvalue weighted by molar-refractivity contribution is 0.0573. The molecule has 5 rings (SSSR count). The van der Waals surface area contributed by atoms with Crippen LogP contribution in [0, 0.1) is 5.41 Å². The van der Waals surface area contributed by atoms with E-state index in [1.807, 2.05) is 41.3 Å². The molecule has 1 spiro atoms. The maximum atomic E-state index is 12.8. The maximum Gasteiger partial charge on any atom is 0.289 e. The number of hydrogen-bond donors (Lipinski definition) is 1. The minimum Gasteiger partial charge on any atom is -0.486 e. The Bertz CT molecular complexity index is 1020. The van der Waals surface area contributed by atoms with E-state index in [-0.39, 0.29) is 18.3 Å². The molecule has 0 bridgehead atoms. The largest absolute Gasteiger partial charge is 0.486 e. The van der Waals surface area contributed by atoms with E-state index >= 15 is 0 Å². The van der Waals surface area contributed by atoms with Crippen LogP contribution in [-0.2, 0) is 6.61 Å². The second-order valence-electron chi connectivity index (χ2n) is 8.28. The van der Waals surface area contributed by atoms with Crippen molar-refractivity contribution in [2.75, 3.05) is 26.2 Å². The third-order valence-electron chi connectivity index (χ3n) is 6.42. The molecule has 2 aliphatic heterocycles. The Kier molecular flexibility index (Phi) is 6.02. The van der Waals surface area contributed by atoms with Crippen LogP contribution < -0.4 is 10.1 Å². The molecule has 158 valence electrons. The molecule has 0 unspecified atom stereocenters. The molecule has 2 saturated heterocycles. The molecule has 3 aromatic rings. The summed E-state index contributed by atoms with van der Waals surface area (Å²) in [5.74, 6) is 1.85. The van der Waals surface area contributed by atoms with Crippen molar-refractivity contribution in [1.29, 1.82) is 0 Å². The number of carbonyl (C=O) groups is 1. The van der Waals surface area contributed by atoms with E-state index in [9.17, 15) is 4.79 Å². The molecule has 2 aliphatic rings. The van der Waals surface area contributed by atoms with Gasteiger partial charge in [-0.1, -0.05) is 30.3 Å². The fraction of sp³-hybridized carbons (Fsp3) is 0.375. The van der Waals surface area contributed by atoms with Crippen molar-refractivity contribution in [2.45, 2.75) is 25.9 Å². The third kappa shape index (κ3) is 4.18. The zero-order chi connectivity index (χ0) is 19.7. The van der Waals surface area contributed by atoms with Crippen molar-refractivity contribution in [2.24, 2.45) is 5.41 Å². The highest BCUT2D eigenvalue weighted by molar-refractivity contribution is 5.91. The Balaban J connectivity index is 0.00000218. The fourth-order valence-corrected chi connectivity index (χ4v) is 4.54. The lowest BCUT2D eigenvalue weighted by atomic mass is 9.78. The minimum absolute atomic E-state index is 0. The Morgan fingerprint density at radius 2 is 1.83 bits per heavy atom. The summed E-state index contributed by atoms with van der Waals surface area (Å²) < 4.78 is 11.7. The van der Waals surface area contributed by atoms with Crippen LogP contribution in [0.15, 0.2) is 59.0 Å². The van der Waals surface area contributed by atoms with Crippen LogP contribution in [0.5, 0.6) is 5.75 Å². The number of nitrogens with one attached hydrogen (secondary N) is 1. The lowest BCUT2D eigenvalue weighted by Gasteiger charge is -2.38. The normalized spacial score (nSPS) is 17.8. The summed E-state index contributed by atoms with van der Waals surface area (Å²) in [5, 5.41) is 5.79. The molecule has 0 atom stereocenters. The van der Waals surface area contributed by atoms with Crippen LogP contribution >= 0.6 is 12.4 Å². The highest BCUT2D eigenvalue weighted by Gasteiger charge is 2.38. The van der Waals surface area contributed by atoms with E-state index < -0.39 is 0 Å². The third-order valence-corrected chi connectivity index (χ3v) is 6.42. The Morgan fingerprint density at radius 1 is 1.03 bits per heavy atom. The minimum atomic E-state index is -0.0113. The van der Waals surface area contributed by atoms with Crippen LogP contribution in [0.2, 0.25) is 0 Å². The van der Waals surface area contributed by atoms with Crippen LogP contribution in [0.4, 0.5) is 0 Å². The summed E-state index contributed by atoms with van der Waals surface area (Å²) >= 11 is 0. The van der Waals surface area contributed by atoms with Crippen molar-refractivity contribution in [1.82, 2.24) is 10.2 Å². The number of nitrogens with zero attached hydrogens (tertiary/aromatic N) is 1. The van der Waals surface area contributed by atoms with Gasteiger partial charge in [0.15, 0.2) is 5.76 Å². The molecule has 0 saturated carbocycles.